The van der Waals surface area contributed by atoms with Crippen molar-refractivity contribution >= 4 is 20.9 Å². The molecule has 0 radical (unpaired) electrons. The van der Waals surface area contributed by atoms with Gasteiger partial charge in [0.15, 0.2) is 0 Å². The van der Waals surface area contributed by atoms with Gasteiger partial charge in [-0.1, -0.05) is 0 Å². The maximum absolute atomic E-state index is 12.2. The lowest BCUT2D eigenvalue weighted by atomic mass is 10.2. The second-order valence-corrected chi connectivity index (χ2v) is 5.87. The number of hydrogen-bond donors (Lipinski definition) is 1. The van der Waals surface area contributed by atoms with Gasteiger partial charge in [0, 0.05) is 13.0 Å². The number of primary sulfonamides is 1. The lowest BCUT2D eigenvalue weighted by molar-refractivity contribution is 0.598. The zero-order valence-corrected chi connectivity index (χ0v) is 10.3. The van der Waals surface area contributed by atoms with E-state index in [1.54, 1.807) is 4.57 Å². The minimum atomic E-state index is -3.80. The van der Waals surface area contributed by atoms with Crippen molar-refractivity contribution in [2.45, 2.75) is 24.3 Å². The van der Waals surface area contributed by atoms with Gasteiger partial charge in [0.25, 0.3) is 5.56 Å². The highest BCUT2D eigenvalue weighted by atomic mass is 32.2. The number of hydrogen-bond acceptors (Lipinski definition) is 4. The van der Waals surface area contributed by atoms with Crippen LogP contribution in [0.1, 0.15) is 12.2 Å². The van der Waals surface area contributed by atoms with Gasteiger partial charge in [0.1, 0.15) is 5.82 Å². The lowest BCUT2D eigenvalue weighted by Crippen LogP contribution is -2.21. The van der Waals surface area contributed by atoms with E-state index in [4.69, 9.17) is 5.14 Å². The molecule has 0 amide bonds. The van der Waals surface area contributed by atoms with Crippen LogP contribution in [-0.2, 0) is 23.0 Å². The van der Waals surface area contributed by atoms with Crippen molar-refractivity contribution in [1.29, 1.82) is 0 Å². The zero-order chi connectivity index (χ0) is 12.9. The SMILES string of the molecule is NS(=O)(=O)c1ccc2nc3n(c(=O)c2c1)CCC3. The van der Waals surface area contributed by atoms with E-state index in [0.29, 0.717) is 17.4 Å². The first-order valence-electron chi connectivity index (χ1n) is 5.53. The van der Waals surface area contributed by atoms with Crippen LogP contribution in [0.15, 0.2) is 27.9 Å². The van der Waals surface area contributed by atoms with Crippen molar-refractivity contribution in [2.75, 3.05) is 0 Å². The third-order valence-electron chi connectivity index (χ3n) is 3.12. The average molecular weight is 265 g/mol. The van der Waals surface area contributed by atoms with Crippen LogP contribution in [0.3, 0.4) is 0 Å². The summed E-state index contributed by atoms with van der Waals surface area (Å²) in [5, 5.41) is 5.35. The van der Waals surface area contributed by atoms with E-state index in [1.807, 2.05) is 0 Å². The highest BCUT2D eigenvalue weighted by molar-refractivity contribution is 7.89. The van der Waals surface area contributed by atoms with Crippen LogP contribution in [-0.4, -0.2) is 18.0 Å². The second-order valence-electron chi connectivity index (χ2n) is 4.31. The Morgan fingerprint density at radius 2 is 2.11 bits per heavy atom. The van der Waals surface area contributed by atoms with Gasteiger partial charge in [0.05, 0.1) is 15.8 Å². The number of benzene rings is 1. The summed E-state index contributed by atoms with van der Waals surface area (Å²) in [4.78, 5) is 16.5. The third-order valence-corrected chi connectivity index (χ3v) is 4.03. The number of aromatic nitrogens is 2. The summed E-state index contributed by atoms with van der Waals surface area (Å²) >= 11 is 0. The fraction of sp³-hybridized carbons (Fsp3) is 0.273. The van der Waals surface area contributed by atoms with E-state index in [0.717, 1.165) is 18.7 Å². The highest BCUT2D eigenvalue weighted by Crippen LogP contribution is 2.17. The number of nitrogens with zero attached hydrogens (tertiary/aromatic N) is 2. The van der Waals surface area contributed by atoms with Crippen LogP contribution in [0, 0.1) is 0 Å². The standard InChI is InChI=1S/C11H11N3O3S/c12-18(16,17)7-3-4-9-8(6-7)11(15)14-5-1-2-10(14)13-9/h3-4,6H,1-2,5H2,(H2,12,16,17). The van der Waals surface area contributed by atoms with E-state index in [-0.39, 0.29) is 10.5 Å². The van der Waals surface area contributed by atoms with Gasteiger partial charge in [-0.25, -0.2) is 18.5 Å². The van der Waals surface area contributed by atoms with Crippen molar-refractivity contribution in [1.82, 2.24) is 9.55 Å². The van der Waals surface area contributed by atoms with Crippen molar-refractivity contribution < 1.29 is 8.42 Å². The van der Waals surface area contributed by atoms with Crippen LogP contribution in [0.25, 0.3) is 10.9 Å². The van der Waals surface area contributed by atoms with Gasteiger partial charge < -0.3 is 0 Å². The first-order valence-corrected chi connectivity index (χ1v) is 7.08. The van der Waals surface area contributed by atoms with Crippen LogP contribution in [0.2, 0.25) is 0 Å². The molecule has 7 heteroatoms. The molecule has 18 heavy (non-hydrogen) atoms. The van der Waals surface area contributed by atoms with Crippen LogP contribution in [0.4, 0.5) is 0 Å². The van der Waals surface area contributed by atoms with Crippen molar-refractivity contribution in [3.8, 4) is 0 Å². The van der Waals surface area contributed by atoms with E-state index < -0.39 is 10.0 Å². The quantitative estimate of drug-likeness (QED) is 0.784. The molecule has 0 fully saturated rings. The summed E-state index contributed by atoms with van der Waals surface area (Å²) in [5.74, 6) is 0.760. The number of aryl methyl sites for hydroxylation is 1. The normalized spacial score (nSPS) is 14.9. The molecular formula is C11H11N3O3S. The monoisotopic (exact) mass is 265 g/mol. The van der Waals surface area contributed by atoms with Gasteiger partial charge in [-0.15, -0.1) is 0 Å². The second kappa shape index (κ2) is 3.63. The summed E-state index contributed by atoms with van der Waals surface area (Å²) in [6.07, 6.45) is 1.67. The molecule has 0 bridgehead atoms. The largest absolute Gasteiger partial charge is 0.296 e. The van der Waals surface area contributed by atoms with E-state index in [1.165, 1.54) is 18.2 Å². The van der Waals surface area contributed by atoms with Gasteiger partial charge in [-0.05, 0) is 24.6 Å². The van der Waals surface area contributed by atoms with Crippen LogP contribution >= 0.6 is 0 Å². The van der Waals surface area contributed by atoms with Gasteiger partial charge in [0.2, 0.25) is 10.0 Å². The highest BCUT2D eigenvalue weighted by Gasteiger charge is 2.17. The maximum Gasteiger partial charge on any atom is 0.261 e. The fourth-order valence-electron chi connectivity index (χ4n) is 2.24. The third kappa shape index (κ3) is 1.63. The summed E-state index contributed by atoms with van der Waals surface area (Å²) in [7, 11) is -3.80. The molecule has 0 atom stereocenters. The maximum atomic E-state index is 12.2. The van der Waals surface area contributed by atoms with E-state index >= 15 is 0 Å². The van der Waals surface area contributed by atoms with Crippen LogP contribution < -0.4 is 10.7 Å². The molecule has 94 valence electrons. The molecule has 2 N–H and O–H groups in total. The van der Waals surface area contributed by atoms with Crippen molar-refractivity contribution in [3.05, 3.63) is 34.4 Å². The Balaban J connectivity index is 2.39. The summed E-state index contributed by atoms with van der Waals surface area (Å²) in [5.41, 5.74) is 0.318. The first kappa shape index (κ1) is 11.4. The summed E-state index contributed by atoms with van der Waals surface area (Å²) in [6, 6.07) is 4.19. The molecule has 2 aromatic rings. The fourth-order valence-corrected chi connectivity index (χ4v) is 2.78. The topological polar surface area (TPSA) is 95.1 Å². The predicted molar refractivity (Wildman–Crippen MR) is 65.7 cm³/mol. The molecule has 2 heterocycles. The van der Waals surface area contributed by atoms with E-state index in [9.17, 15) is 13.2 Å². The molecule has 1 aliphatic heterocycles. The molecule has 0 saturated heterocycles. The molecule has 3 rings (SSSR count). The molecule has 1 aromatic carbocycles. The predicted octanol–water partition coefficient (Wildman–Crippen LogP) is -0.00990. The molecule has 0 spiro atoms. The molecule has 0 aliphatic carbocycles. The van der Waals surface area contributed by atoms with Crippen molar-refractivity contribution in [2.24, 2.45) is 5.14 Å². The Hall–Kier alpha value is -1.73. The summed E-state index contributed by atoms with van der Waals surface area (Å²) < 4.78 is 24.1. The van der Waals surface area contributed by atoms with Crippen LogP contribution in [0.5, 0.6) is 0 Å². The molecule has 6 nitrogen and oxygen atoms in total. The van der Waals surface area contributed by atoms with Gasteiger partial charge >= 0.3 is 0 Å². The minimum Gasteiger partial charge on any atom is -0.296 e. The Bertz CT molecular complexity index is 808. The zero-order valence-electron chi connectivity index (χ0n) is 9.46. The van der Waals surface area contributed by atoms with Crippen molar-refractivity contribution in [3.63, 3.8) is 0 Å². The summed E-state index contributed by atoms with van der Waals surface area (Å²) in [6.45, 7) is 0.636. The molecule has 0 unspecified atom stereocenters. The minimum absolute atomic E-state index is 0.0625. The Morgan fingerprint density at radius 1 is 1.33 bits per heavy atom. The van der Waals surface area contributed by atoms with Gasteiger partial charge in [-0.3, -0.25) is 9.36 Å². The van der Waals surface area contributed by atoms with Gasteiger partial charge in [-0.2, -0.15) is 0 Å². The average Bonchev–Trinajstić information content (AvgIpc) is 2.76. The lowest BCUT2D eigenvalue weighted by Gasteiger charge is -2.05. The number of rotatable bonds is 1. The Kier molecular flexibility index (Phi) is 2.29. The van der Waals surface area contributed by atoms with E-state index in [2.05, 4.69) is 4.98 Å². The first-order chi connectivity index (χ1) is 8.47. The molecule has 1 aromatic heterocycles. The molecule has 1 aliphatic rings. The molecular weight excluding hydrogens is 254 g/mol. The smallest absolute Gasteiger partial charge is 0.261 e. The number of fused-ring (bicyclic) bond motifs is 2. The Labute approximate surface area is 103 Å². The number of sulfonamides is 1. The number of nitrogens with two attached hydrogens (primary N) is 1. The molecule has 0 saturated carbocycles. The Morgan fingerprint density at radius 3 is 2.83 bits per heavy atom.